The minimum atomic E-state index is -2.74. The number of oxime groups is 1. The number of carbonyl (C=O) groups excluding carboxylic acids is 1. The topological polar surface area (TPSA) is 87.7 Å². The first-order chi connectivity index (χ1) is 8.34. The maximum Gasteiger partial charge on any atom is 0.248 e. The van der Waals surface area contributed by atoms with Gasteiger partial charge in [-0.15, -0.1) is 0 Å². The predicted molar refractivity (Wildman–Crippen MR) is 62.5 cm³/mol. The van der Waals surface area contributed by atoms with E-state index in [0.717, 1.165) is 0 Å². The van der Waals surface area contributed by atoms with Crippen molar-refractivity contribution in [2.24, 2.45) is 16.8 Å². The van der Waals surface area contributed by atoms with Crippen LogP contribution in [0.3, 0.4) is 0 Å². The molecule has 104 valence electrons. The molecule has 1 aliphatic rings. The zero-order valence-electron chi connectivity index (χ0n) is 10.3. The third-order valence-corrected chi connectivity index (χ3v) is 3.04. The van der Waals surface area contributed by atoms with E-state index in [1.807, 2.05) is 0 Å². The first-order valence-electron chi connectivity index (χ1n) is 5.98. The molecule has 2 atom stereocenters. The Labute approximate surface area is 104 Å². The Morgan fingerprint density at radius 2 is 2.33 bits per heavy atom. The minimum Gasteiger partial charge on any atom is -0.409 e. The molecule has 1 saturated carbocycles. The van der Waals surface area contributed by atoms with E-state index in [-0.39, 0.29) is 30.6 Å². The van der Waals surface area contributed by atoms with Gasteiger partial charge in [-0.25, -0.2) is 8.78 Å². The largest absolute Gasteiger partial charge is 0.409 e. The smallest absolute Gasteiger partial charge is 0.248 e. The number of nitrogens with zero attached hydrogens (tertiary/aromatic N) is 1. The second kappa shape index (κ2) is 5.97. The van der Waals surface area contributed by atoms with Gasteiger partial charge in [0.25, 0.3) is 0 Å². The van der Waals surface area contributed by atoms with Gasteiger partial charge in [0.2, 0.25) is 11.8 Å². The minimum absolute atomic E-state index is 0.00299. The summed E-state index contributed by atoms with van der Waals surface area (Å²) < 4.78 is 26.3. The van der Waals surface area contributed by atoms with Crippen molar-refractivity contribution in [3.05, 3.63) is 0 Å². The van der Waals surface area contributed by atoms with Gasteiger partial charge in [0.15, 0.2) is 0 Å². The summed E-state index contributed by atoms with van der Waals surface area (Å²) in [4.78, 5) is 11.8. The summed E-state index contributed by atoms with van der Waals surface area (Å²) in [6, 6.07) is -0.344. The molecule has 0 radical (unpaired) electrons. The Kier molecular flexibility index (Phi) is 4.86. The molecule has 4 N–H and O–H groups in total. The van der Waals surface area contributed by atoms with Gasteiger partial charge < -0.3 is 16.3 Å². The maximum atomic E-state index is 13.2. The monoisotopic (exact) mass is 263 g/mol. The molecule has 1 rings (SSSR count). The van der Waals surface area contributed by atoms with Crippen LogP contribution in [0, 0.1) is 5.92 Å². The van der Waals surface area contributed by atoms with Gasteiger partial charge in [0.1, 0.15) is 5.84 Å². The van der Waals surface area contributed by atoms with Crippen LogP contribution in [0.1, 0.15) is 39.0 Å². The van der Waals surface area contributed by atoms with Gasteiger partial charge in [-0.3, -0.25) is 4.79 Å². The molecule has 0 spiro atoms. The molecule has 2 unspecified atom stereocenters. The molecule has 5 nitrogen and oxygen atoms in total. The Morgan fingerprint density at radius 1 is 1.67 bits per heavy atom. The third-order valence-electron chi connectivity index (χ3n) is 3.04. The molecule has 0 saturated heterocycles. The summed E-state index contributed by atoms with van der Waals surface area (Å²) in [6.07, 6.45) is 0.494. The van der Waals surface area contributed by atoms with Crippen molar-refractivity contribution in [2.75, 3.05) is 0 Å². The number of nitrogens with two attached hydrogens (primary N) is 1. The van der Waals surface area contributed by atoms with Crippen LogP contribution in [0.15, 0.2) is 5.16 Å². The van der Waals surface area contributed by atoms with Crippen LogP contribution in [0.2, 0.25) is 0 Å². The van der Waals surface area contributed by atoms with E-state index in [4.69, 9.17) is 10.9 Å². The maximum absolute atomic E-state index is 13.2. The first kappa shape index (κ1) is 14.7. The Morgan fingerprint density at radius 3 is 2.89 bits per heavy atom. The number of nitrogens with one attached hydrogen (secondary N) is 1. The fourth-order valence-corrected chi connectivity index (χ4v) is 2.16. The third kappa shape index (κ3) is 4.46. The summed E-state index contributed by atoms with van der Waals surface area (Å²) in [5.41, 5.74) is 5.30. The van der Waals surface area contributed by atoms with E-state index in [1.165, 1.54) is 0 Å². The van der Waals surface area contributed by atoms with Crippen LogP contribution in [0.25, 0.3) is 0 Å². The molecule has 0 heterocycles. The predicted octanol–water partition coefficient (Wildman–Crippen LogP) is 1.45. The highest BCUT2D eigenvalue weighted by molar-refractivity contribution is 5.82. The van der Waals surface area contributed by atoms with E-state index in [2.05, 4.69) is 10.5 Å². The molecular weight excluding hydrogens is 244 g/mol. The molecule has 1 amide bonds. The summed E-state index contributed by atoms with van der Waals surface area (Å²) in [6.45, 7) is 1.68. The highest BCUT2D eigenvalue weighted by atomic mass is 19.3. The van der Waals surface area contributed by atoms with Crippen LogP contribution in [-0.2, 0) is 4.79 Å². The number of hydrogen-bond donors (Lipinski definition) is 3. The molecule has 0 aliphatic heterocycles. The van der Waals surface area contributed by atoms with Crippen LogP contribution >= 0.6 is 0 Å². The number of amidine groups is 1. The molecule has 1 fully saturated rings. The van der Waals surface area contributed by atoms with E-state index in [0.29, 0.717) is 12.8 Å². The van der Waals surface area contributed by atoms with Crippen molar-refractivity contribution in [2.45, 2.75) is 51.0 Å². The lowest BCUT2D eigenvalue weighted by molar-refractivity contribution is -0.132. The number of rotatable bonds is 4. The van der Waals surface area contributed by atoms with Gasteiger partial charge >= 0.3 is 0 Å². The Hall–Kier alpha value is -1.40. The number of carbonyl (C=O) groups is 1. The van der Waals surface area contributed by atoms with E-state index >= 15 is 0 Å². The van der Waals surface area contributed by atoms with Crippen molar-refractivity contribution in [1.82, 2.24) is 5.32 Å². The van der Waals surface area contributed by atoms with E-state index in [1.54, 1.807) is 6.92 Å². The van der Waals surface area contributed by atoms with E-state index in [9.17, 15) is 13.6 Å². The highest BCUT2D eigenvalue weighted by Gasteiger charge is 2.39. The van der Waals surface area contributed by atoms with Crippen LogP contribution in [-0.4, -0.2) is 28.9 Å². The highest BCUT2D eigenvalue weighted by Crippen LogP contribution is 2.36. The average Bonchev–Trinajstić information content (AvgIpc) is 2.27. The molecule has 1 aliphatic carbocycles. The van der Waals surface area contributed by atoms with Crippen molar-refractivity contribution >= 4 is 11.7 Å². The number of hydrogen-bond acceptors (Lipinski definition) is 3. The van der Waals surface area contributed by atoms with Crippen molar-refractivity contribution in [3.8, 4) is 0 Å². The average molecular weight is 263 g/mol. The molecule has 0 aromatic carbocycles. The van der Waals surface area contributed by atoms with Gasteiger partial charge in [0.05, 0.1) is 0 Å². The summed E-state index contributed by atoms with van der Waals surface area (Å²) in [7, 11) is 0. The second-order valence-corrected chi connectivity index (χ2v) is 4.85. The lowest BCUT2D eigenvalue weighted by atomic mass is 9.86. The molecule has 0 aromatic rings. The fraction of sp³-hybridized carbons (Fsp3) is 0.818. The molecular formula is C11H19F2N3O2. The quantitative estimate of drug-likeness (QED) is 0.310. The standard InChI is InChI=1S/C11H19F2N3O2/c1-7(5-9(14)16-18)15-10(17)8-3-2-4-11(12,13)6-8/h7-8,18H,2-6H2,1H3,(H2,14,16)(H,15,17). The Balaban J connectivity index is 2.45. The van der Waals surface area contributed by atoms with Crippen molar-refractivity contribution in [1.29, 1.82) is 0 Å². The number of alkyl halides is 2. The summed E-state index contributed by atoms with van der Waals surface area (Å²) in [5, 5.41) is 13.8. The van der Waals surface area contributed by atoms with Gasteiger partial charge in [0, 0.05) is 31.2 Å². The SMILES string of the molecule is CC(CC(N)=NO)NC(=O)C1CCCC(F)(F)C1. The lowest BCUT2D eigenvalue weighted by Crippen LogP contribution is -2.42. The van der Waals surface area contributed by atoms with Crippen molar-refractivity contribution in [3.63, 3.8) is 0 Å². The van der Waals surface area contributed by atoms with Gasteiger partial charge in [-0.1, -0.05) is 5.16 Å². The van der Waals surface area contributed by atoms with E-state index < -0.39 is 18.3 Å². The summed E-state index contributed by atoms with van der Waals surface area (Å²) in [5.74, 6) is -3.78. The zero-order valence-corrected chi connectivity index (χ0v) is 10.3. The molecule has 0 aromatic heterocycles. The normalized spacial score (nSPS) is 25.5. The number of amides is 1. The molecule has 7 heteroatoms. The van der Waals surface area contributed by atoms with Crippen LogP contribution < -0.4 is 11.1 Å². The second-order valence-electron chi connectivity index (χ2n) is 4.85. The zero-order chi connectivity index (χ0) is 13.8. The number of halogens is 2. The Bertz CT molecular complexity index is 334. The molecule has 18 heavy (non-hydrogen) atoms. The van der Waals surface area contributed by atoms with Gasteiger partial charge in [-0.05, 0) is 19.8 Å². The lowest BCUT2D eigenvalue weighted by Gasteiger charge is -2.28. The van der Waals surface area contributed by atoms with Crippen LogP contribution in [0.4, 0.5) is 8.78 Å². The van der Waals surface area contributed by atoms with Gasteiger partial charge in [-0.2, -0.15) is 0 Å². The van der Waals surface area contributed by atoms with Crippen molar-refractivity contribution < 1.29 is 18.8 Å². The fourth-order valence-electron chi connectivity index (χ4n) is 2.16. The van der Waals surface area contributed by atoms with Crippen LogP contribution in [0.5, 0.6) is 0 Å². The first-order valence-corrected chi connectivity index (χ1v) is 5.98. The molecule has 0 bridgehead atoms. The summed E-state index contributed by atoms with van der Waals surface area (Å²) >= 11 is 0.